The van der Waals surface area contributed by atoms with Crippen molar-refractivity contribution in [1.82, 2.24) is 15.0 Å². The molecule has 0 aliphatic carbocycles. The van der Waals surface area contributed by atoms with Crippen LogP contribution < -0.4 is 0 Å². The van der Waals surface area contributed by atoms with Crippen molar-refractivity contribution in [2.75, 3.05) is 0 Å². The molecular weight excluding hydrogens is 655 g/mol. The van der Waals surface area contributed by atoms with Crippen LogP contribution in [0.4, 0.5) is 0 Å². The van der Waals surface area contributed by atoms with Crippen LogP contribution >= 0.6 is 0 Å². The van der Waals surface area contributed by atoms with Gasteiger partial charge in [0.2, 0.25) is 0 Å². The second kappa shape index (κ2) is 13.3. The Labute approximate surface area is 313 Å². The molecule has 0 aliphatic rings. The third-order valence-corrected chi connectivity index (χ3v) is 10.2. The summed E-state index contributed by atoms with van der Waals surface area (Å²) in [6.07, 6.45) is 3.69. The predicted octanol–water partition coefficient (Wildman–Crippen LogP) is 12.9. The predicted molar refractivity (Wildman–Crippen MR) is 223 cm³/mol. The van der Waals surface area contributed by atoms with Gasteiger partial charge in [-0.1, -0.05) is 146 Å². The molecule has 3 heteroatoms. The van der Waals surface area contributed by atoms with E-state index in [-0.39, 0.29) is 0 Å². The van der Waals surface area contributed by atoms with Crippen LogP contribution in [0.15, 0.2) is 188 Å². The first kappa shape index (κ1) is 31.3. The average molecular weight is 686 g/mol. The fourth-order valence-corrected chi connectivity index (χ4v) is 7.53. The zero-order valence-electron chi connectivity index (χ0n) is 29.2. The largest absolute Gasteiger partial charge is 0.264 e. The number of rotatable bonds is 6. The Morgan fingerprint density at radius 3 is 1.56 bits per heavy atom. The monoisotopic (exact) mass is 685 g/mol. The van der Waals surface area contributed by atoms with Crippen molar-refractivity contribution < 1.29 is 0 Å². The first-order chi connectivity index (χ1) is 26.7. The minimum Gasteiger partial charge on any atom is -0.264 e. The molecule has 250 valence electrons. The van der Waals surface area contributed by atoms with E-state index >= 15 is 0 Å². The van der Waals surface area contributed by atoms with E-state index in [1.54, 1.807) is 6.20 Å². The van der Waals surface area contributed by atoms with E-state index in [0.717, 1.165) is 55.9 Å². The van der Waals surface area contributed by atoms with Gasteiger partial charge in [0.05, 0.1) is 11.4 Å². The highest BCUT2D eigenvalue weighted by Gasteiger charge is 2.14. The summed E-state index contributed by atoms with van der Waals surface area (Å²) in [6, 6.07) is 68.1. The quantitative estimate of drug-likeness (QED) is 0.164. The van der Waals surface area contributed by atoms with Crippen LogP contribution in [0.25, 0.3) is 99.6 Å². The first-order valence-electron chi connectivity index (χ1n) is 18.1. The highest BCUT2D eigenvalue weighted by atomic mass is 14.9. The molecule has 0 saturated heterocycles. The molecule has 54 heavy (non-hydrogen) atoms. The van der Waals surface area contributed by atoms with Gasteiger partial charge in [-0.3, -0.25) is 4.98 Å². The van der Waals surface area contributed by atoms with Gasteiger partial charge >= 0.3 is 0 Å². The highest BCUT2D eigenvalue weighted by molar-refractivity contribution is 6.25. The molecule has 2 aromatic heterocycles. The number of benzene rings is 7. The molecule has 0 atom stereocenters. The lowest BCUT2D eigenvalue weighted by Gasteiger charge is -2.13. The molecule has 0 amide bonds. The lowest BCUT2D eigenvalue weighted by molar-refractivity contribution is 1.18. The Morgan fingerprint density at radius 2 is 0.907 bits per heavy atom. The maximum absolute atomic E-state index is 5.18. The van der Waals surface area contributed by atoms with Crippen LogP contribution in [0.2, 0.25) is 0 Å². The highest BCUT2D eigenvalue weighted by Crippen LogP contribution is 2.38. The summed E-state index contributed by atoms with van der Waals surface area (Å²) >= 11 is 0. The molecule has 2 heterocycles. The maximum atomic E-state index is 5.18. The third-order valence-electron chi connectivity index (χ3n) is 10.2. The number of pyridine rings is 1. The van der Waals surface area contributed by atoms with E-state index in [9.17, 15) is 0 Å². The van der Waals surface area contributed by atoms with Crippen LogP contribution in [0, 0.1) is 12.1 Å². The molecular formula is C51H31N3. The fraction of sp³-hybridized carbons (Fsp3) is 0. The molecule has 0 unspecified atom stereocenters. The summed E-state index contributed by atoms with van der Waals surface area (Å²) in [5.74, 6) is 0.668. The Bertz CT molecular complexity index is 2830. The van der Waals surface area contributed by atoms with Gasteiger partial charge in [0, 0.05) is 40.2 Å². The molecule has 0 aliphatic heterocycles. The summed E-state index contributed by atoms with van der Waals surface area (Å²) < 4.78 is 0. The van der Waals surface area contributed by atoms with Crippen molar-refractivity contribution >= 4 is 32.3 Å². The SMILES string of the molecule is c1cccc(-c2cccc(-c3cc(-c4cccc(-c5cccnc5)c4)nc(-c4ccc(-c5ccc6c7ccccc7c7ccccc7c6c5)cc4)n3)c2)c#1. The molecule has 0 saturated carbocycles. The summed E-state index contributed by atoms with van der Waals surface area (Å²) in [4.78, 5) is 14.7. The molecule has 3 nitrogen and oxygen atoms in total. The number of fused-ring (bicyclic) bond motifs is 6. The van der Waals surface area contributed by atoms with Gasteiger partial charge < -0.3 is 0 Å². The Balaban J connectivity index is 1.08. The third kappa shape index (κ3) is 5.73. The standard InChI is InChI=1S/C51H31N3/c1-2-11-34(12-3-1)37-13-8-15-40(29-37)49-32-50(41-16-9-14-38(30-41)42-17-10-28-52-33-42)54-51(53-49)36-24-22-35(23-25-36)39-26-27-47-45-20-5-4-18-43(45)44-19-6-7-21-46(44)48(47)31-39/h1-2,4-11,13-33H. The van der Waals surface area contributed by atoms with E-state index in [1.165, 1.54) is 37.9 Å². The second-order valence-corrected chi connectivity index (χ2v) is 13.5. The van der Waals surface area contributed by atoms with Crippen molar-refractivity contribution in [2.24, 2.45) is 0 Å². The fourth-order valence-electron chi connectivity index (χ4n) is 7.53. The first-order valence-corrected chi connectivity index (χ1v) is 18.1. The van der Waals surface area contributed by atoms with E-state index in [0.29, 0.717) is 5.82 Å². The van der Waals surface area contributed by atoms with Crippen LogP contribution in [0.5, 0.6) is 0 Å². The molecule has 0 fully saturated rings. The van der Waals surface area contributed by atoms with Crippen molar-refractivity contribution in [2.45, 2.75) is 0 Å². The summed E-state index contributed by atoms with van der Waals surface area (Å²) in [5.41, 5.74) is 11.2. The minimum absolute atomic E-state index is 0.668. The van der Waals surface area contributed by atoms with Crippen LogP contribution in [0.1, 0.15) is 0 Å². The Hall–Kier alpha value is -7.41. The van der Waals surface area contributed by atoms with Crippen LogP contribution in [0.3, 0.4) is 0 Å². The lowest BCUT2D eigenvalue weighted by Crippen LogP contribution is -1.96. The maximum Gasteiger partial charge on any atom is 0.160 e. The minimum atomic E-state index is 0.668. The van der Waals surface area contributed by atoms with E-state index in [1.807, 2.05) is 24.4 Å². The van der Waals surface area contributed by atoms with Gasteiger partial charge in [-0.25, -0.2) is 9.97 Å². The van der Waals surface area contributed by atoms with Crippen molar-refractivity contribution in [3.8, 4) is 67.3 Å². The normalized spacial score (nSPS) is 11.2. The van der Waals surface area contributed by atoms with Crippen molar-refractivity contribution in [1.29, 1.82) is 0 Å². The van der Waals surface area contributed by atoms with Gasteiger partial charge in [-0.2, -0.15) is 0 Å². The smallest absolute Gasteiger partial charge is 0.160 e. The Morgan fingerprint density at radius 1 is 0.352 bits per heavy atom. The molecule has 8 aromatic carbocycles. The second-order valence-electron chi connectivity index (χ2n) is 13.5. The van der Waals surface area contributed by atoms with Crippen molar-refractivity contribution in [3.63, 3.8) is 0 Å². The van der Waals surface area contributed by atoms with Crippen LogP contribution in [-0.2, 0) is 0 Å². The topological polar surface area (TPSA) is 38.7 Å². The number of aromatic nitrogens is 3. The molecule has 0 spiro atoms. The van der Waals surface area contributed by atoms with Gasteiger partial charge in [0.15, 0.2) is 5.82 Å². The molecule has 10 aromatic rings. The van der Waals surface area contributed by atoms with Gasteiger partial charge in [0.1, 0.15) is 0 Å². The molecule has 0 N–H and O–H groups in total. The Kier molecular flexibility index (Phi) is 7.71. The number of hydrogen-bond donors (Lipinski definition) is 0. The van der Waals surface area contributed by atoms with Gasteiger partial charge in [-0.15, -0.1) is 0 Å². The molecule has 10 rings (SSSR count). The summed E-state index contributed by atoms with van der Waals surface area (Å²) in [7, 11) is 0. The zero-order chi connectivity index (χ0) is 35.8. The zero-order valence-corrected chi connectivity index (χ0v) is 29.2. The number of hydrogen-bond acceptors (Lipinski definition) is 3. The summed E-state index contributed by atoms with van der Waals surface area (Å²) in [5, 5.41) is 7.63. The molecule has 0 bridgehead atoms. The van der Waals surface area contributed by atoms with E-state index in [2.05, 4.69) is 175 Å². The lowest BCUT2D eigenvalue weighted by atomic mass is 9.92. The summed E-state index contributed by atoms with van der Waals surface area (Å²) in [6.45, 7) is 0. The molecule has 0 radical (unpaired) electrons. The van der Waals surface area contributed by atoms with Crippen molar-refractivity contribution in [3.05, 3.63) is 200 Å². The van der Waals surface area contributed by atoms with E-state index in [4.69, 9.17) is 9.97 Å². The van der Waals surface area contributed by atoms with Crippen LogP contribution in [-0.4, -0.2) is 15.0 Å². The van der Waals surface area contributed by atoms with E-state index < -0.39 is 0 Å². The number of nitrogens with zero attached hydrogens (tertiary/aromatic N) is 3. The average Bonchev–Trinajstić information content (AvgIpc) is 3.27. The van der Waals surface area contributed by atoms with Gasteiger partial charge in [-0.05, 0) is 97.0 Å². The van der Waals surface area contributed by atoms with Gasteiger partial charge in [0.25, 0.3) is 0 Å².